The fourth-order valence-corrected chi connectivity index (χ4v) is 8.65. The number of para-hydroxylation sites is 2. The van der Waals surface area contributed by atoms with E-state index in [0.29, 0.717) is 5.82 Å². The van der Waals surface area contributed by atoms with Crippen molar-refractivity contribution in [1.29, 1.82) is 0 Å². The number of aromatic nitrogens is 3. The number of nitrogens with zero attached hydrogens (tertiary/aromatic N) is 3. The van der Waals surface area contributed by atoms with E-state index in [1.165, 1.54) is 43.4 Å². The van der Waals surface area contributed by atoms with Crippen molar-refractivity contribution in [1.82, 2.24) is 14.5 Å². The fourth-order valence-electron chi connectivity index (χ4n) is 8.65. The quantitative estimate of drug-likeness (QED) is 0.186. The minimum Gasteiger partial charge on any atom is -0.456 e. The Hall–Kier alpha value is -7.30. The van der Waals surface area contributed by atoms with Crippen LogP contribution in [0.15, 0.2) is 180 Å². The molecule has 0 fully saturated rings. The maximum absolute atomic E-state index is 6.30. The van der Waals surface area contributed by atoms with Crippen LogP contribution in [0.1, 0.15) is 0 Å². The average Bonchev–Trinajstić information content (AvgIpc) is 3.77. The largest absolute Gasteiger partial charge is 0.456 e. The topological polar surface area (TPSA) is 43.9 Å². The van der Waals surface area contributed by atoms with Gasteiger partial charge in [0.25, 0.3) is 0 Å². The van der Waals surface area contributed by atoms with Crippen LogP contribution in [0, 0.1) is 0 Å². The molecule has 0 amide bonds. The maximum Gasteiger partial charge on any atom is 0.160 e. The first-order chi connectivity index (χ1) is 26.7. The van der Waals surface area contributed by atoms with Crippen LogP contribution in [0.2, 0.25) is 0 Å². The summed E-state index contributed by atoms with van der Waals surface area (Å²) in [5.74, 6) is 0.662. The molecule has 9 aromatic carbocycles. The molecule has 0 bridgehead atoms. The van der Waals surface area contributed by atoms with E-state index in [4.69, 9.17) is 14.4 Å². The molecule has 0 saturated carbocycles. The van der Waals surface area contributed by atoms with Gasteiger partial charge in [-0.25, -0.2) is 9.97 Å². The van der Waals surface area contributed by atoms with Crippen molar-refractivity contribution in [2.45, 2.75) is 0 Å². The Bertz CT molecular complexity index is 3520. The Labute approximate surface area is 309 Å². The molecule has 250 valence electrons. The molecule has 0 atom stereocenters. The van der Waals surface area contributed by atoms with Gasteiger partial charge in [0.15, 0.2) is 5.82 Å². The van der Waals surface area contributed by atoms with E-state index < -0.39 is 0 Å². The van der Waals surface area contributed by atoms with Crippen molar-refractivity contribution >= 4 is 87.0 Å². The van der Waals surface area contributed by atoms with Crippen molar-refractivity contribution < 1.29 is 4.42 Å². The van der Waals surface area contributed by atoms with E-state index in [1.807, 2.05) is 24.3 Å². The standard InChI is InChI=1S/C50H29N3O/c1-2-13-32-27-45-42(26-31(32)12-1)48-37-16-6-3-11-30(37)22-24-44(48)53(45)35-25-33-14-4-5-15-36(33)41(29-35)49-40-18-7-9-19-43(40)51-50(52-49)34-21-23-39-38-17-8-10-20-46(38)54-47(39)28-34/h1-29H. The van der Waals surface area contributed by atoms with Gasteiger partial charge in [-0.2, -0.15) is 0 Å². The van der Waals surface area contributed by atoms with Crippen molar-refractivity contribution in [3.63, 3.8) is 0 Å². The summed E-state index contributed by atoms with van der Waals surface area (Å²) in [7, 11) is 0. The molecule has 0 aliphatic rings. The number of hydrogen-bond donors (Lipinski definition) is 0. The van der Waals surface area contributed by atoms with Gasteiger partial charge >= 0.3 is 0 Å². The highest BCUT2D eigenvalue weighted by molar-refractivity contribution is 6.23. The number of hydrogen-bond acceptors (Lipinski definition) is 3. The molecule has 3 heterocycles. The van der Waals surface area contributed by atoms with Gasteiger partial charge < -0.3 is 8.98 Å². The second-order valence-corrected chi connectivity index (χ2v) is 14.2. The molecule has 0 saturated heterocycles. The summed E-state index contributed by atoms with van der Waals surface area (Å²) in [4.78, 5) is 10.5. The van der Waals surface area contributed by atoms with E-state index in [0.717, 1.165) is 66.1 Å². The number of fused-ring (bicyclic) bond motifs is 11. The van der Waals surface area contributed by atoms with E-state index in [1.54, 1.807) is 0 Å². The molecule has 0 spiro atoms. The Morgan fingerprint density at radius 3 is 1.96 bits per heavy atom. The Morgan fingerprint density at radius 1 is 0.407 bits per heavy atom. The monoisotopic (exact) mass is 687 g/mol. The van der Waals surface area contributed by atoms with Crippen molar-refractivity contribution in [3.05, 3.63) is 176 Å². The van der Waals surface area contributed by atoms with E-state index in [9.17, 15) is 0 Å². The third-order valence-corrected chi connectivity index (χ3v) is 11.1. The average molecular weight is 688 g/mol. The van der Waals surface area contributed by atoms with Crippen LogP contribution in [0.4, 0.5) is 0 Å². The van der Waals surface area contributed by atoms with Gasteiger partial charge in [0.05, 0.1) is 22.2 Å². The summed E-state index contributed by atoms with van der Waals surface area (Å²) in [6.45, 7) is 0. The predicted octanol–water partition coefficient (Wildman–Crippen LogP) is 13.4. The highest BCUT2D eigenvalue weighted by Gasteiger charge is 2.20. The molecule has 0 N–H and O–H groups in total. The summed E-state index contributed by atoms with van der Waals surface area (Å²) >= 11 is 0. The lowest BCUT2D eigenvalue weighted by Crippen LogP contribution is -1.99. The van der Waals surface area contributed by atoms with Crippen LogP contribution in [0.5, 0.6) is 0 Å². The van der Waals surface area contributed by atoms with Crippen molar-refractivity contribution in [2.24, 2.45) is 0 Å². The van der Waals surface area contributed by atoms with Crippen LogP contribution >= 0.6 is 0 Å². The lowest BCUT2D eigenvalue weighted by atomic mass is 9.97. The van der Waals surface area contributed by atoms with Crippen LogP contribution in [-0.2, 0) is 0 Å². The molecule has 0 radical (unpaired) electrons. The normalized spacial score (nSPS) is 12.1. The van der Waals surface area contributed by atoms with Gasteiger partial charge in [0.2, 0.25) is 0 Å². The van der Waals surface area contributed by atoms with Crippen LogP contribution in [0.25, 0.3) is 115 Å². The second-order valence-electron chi connectivity index (χ2n) is 14.2. The smallest absolute Gasteiger partial charge is 0.160 e. The zero-order chi connectivity index (χ0) is 35.3. The van der Waals surface area contributed by atoms with Crippen molar-refractivity contribution in [3.8, 4) is 28.3 Å². The third-order valence-electron chi connectivity index (χ3n) is 11.1. The second kappa shape index (κ2) is 11.1. The lowest BCUT2D eigenvalue weighted by Gasteiger charge is -2.16. The highest BCUT2D eigenvalue weighted by atomic mass is 16.3. The third kappa shape index (κ3) is 4.25. The lowest BCUT2D eigenvalue weighted by molar-refractivity contribution is 0.669. The summed E-state index contributed by atoms with van der Waals surface area (Å²) in [5.41, 5.74) is 8.90. The highest BCUT2D eigenvalue weighted by Crippen LogP contribution is 2.42. The molecule has 12 rings (SSSR count). The molecular formula is C50H29N3O. The van der Waals surface area contributed by atoms with Gasteiger partial charge in [-0.3, -0.25) is 0 Å². The number of rotatable bonds is 3. The van der Waals surface area contributed by atoms with Crippen LogP contribution < -0.4 is 0 Å². The molecule has 0 aliphatic carbocycles. The van der Waals surface area contributed by atoms with E-state index in [2.05, 4.69) is 156 Å². The van der Waals surface area contributed by atoms with Gasteiger partial charge in [0, 0.05) is 43.7 Å². The van der Waals surface area contributed by atoms with Gasteiger partial charge in [-0.15, -0.1) is 0 Å². The Kier molecular flexibility index (Phi) is 6.02. The molecule has 54 heavy (non-hydrogen) atoms. The minimum atomic E-state index is 0.662. The summed E-state index contributed by atoms with van der Waals surface area (Å²) in [5, 5.41) is 12.9. The molecule has 3 aromatic heterocycles. The van der Waals surface area contributed by atoms with Gasteiger partial charge in [-0.05, 0) is 86.9 Å². The zero-order valence-corrected chi connectivity index (χ0v) is 29.0. The molecule has 0 unspecified atom stereocenters. The minimum absolute atomic E-state index is 0.662. The summed E-state index contributed by atoms with van der Waals surface area (Å²) in [6, 6.07) is 62.7. The predicted molar refractivity (Wildman–Crippen MR) is 225 cm³/mol. The fraction of sp³-hybridized carbons (Fsp3) is 0. The number of furan rings is 1. The van der Waals surface area contributed by atoms with Gasteiger partial charge in [-0.1, -0.05) is 121 Å². The van der Waals surface area contributed by atoms with Crippen LogP contribution in [-0.4, -0.2) is 14.5 Å². The maximum atomic E-state index is 6.30. The molecule has 0 aliphatic heterocycles. The Balaban J connectivity index is 1.16. The first-order valence-corrected chi connectivity index (χ1v) is 18.3. The Morgan fingerprint density at radius 2 is 1.09 bits per heavy atom. The summed E-state index contributed by atoms with van der Waals surface area (Å²) < 4.78 is 8.74. The molecule has 12 aromatic rings. The number of benzene rings is 9. The molecule has 4 nitrogen and oxygen atoms in total. The molecular weight excluding hydrogens is 659 g/mol. The van der Waals surface area contributed by atoms with E-state index >= 15 is 0 Å². The van der Waals surface area contributed by atoms with Crippen molar-refractivity contribution in [2.75, 3.05) is 0 Å². The zero-order valence-electron chi connectivity index (χ0n) is 29.0. The van der Waals surface area contributed by atoms with Gasteiger partial charge in [0.1, 0.15) is 11.2 Å². The van der Waals surface area contributed by atoms with Crippen LogP contribution in [0.3, 0.4) is 0 Å². The first-order valence-electron chi connectivity index (χ1n) is 18.3. The molecule has 4 heteroatoms. The SMILES string of the molecule is c1ccc2cc3c(cc2c1)c1c2ccccc2ccc1n3-c1cc(-c2nc(-c3ccc4c(c3)oc3ccccc34)nc3ccccc23)c2ccccc2c1. The summed E-state index contributed by atoms with van der Waals surface area (Å²) in [6.07, 6.45) is 0. The van der Waals surface area contributed by atoms with E-state index in [-0.39, 0.29) is 0 Å². The first kappa shape index (κ1) is 29.3.